The van der Waals surface area contributed by atoms with Crippen molar-refractivity contribution in [2.24, 2.45) is 0 Å². The molecule has 0 saturated heterocycles. The highest BCUT2D eigenvalue weighted by Crippen LogP contribution is 2.50. The van der Waals surface area contributed by atoms with Crippen molar-refractivity contribution in [2.75, 3.05) is 19.5 Å². The first-order chi connectivity index (χ1) is 11.5. The van der Waals surface area contributed by atoms with E-state index in [1.54, 1.807) is 32.4 Å². The van der Waals surface area contributed by atoms with Gasteiger partial charge in [-0.1, -0.05) is 6.07 Å². The Morgan fingerprint density at radius 3 is 2.38 bits per heavy atom. The number of methoxy groups -OCH3 is 2. The average molecular weight is 327 g/mol. The Bertz CT molecular complexity index is 781. The zero-order chi connectivity index (χ0) is 17.3. The van der Waals surface area contributed by atoms with Crippen LogP contribution >= 0.6 is 0 Å². The molecule has 0 unspecified atom stereocenters. The fraction of sp³-hybridized carbons (Fsp3) is 0.316. The molecule has 0 bridgehead atoms. The minimum Gasteiger partial charge on any atom is -0.508 e. The van der Waals surface area contributed by atoms with Gasteiger partial charge in [-0.05, 0) is 61.2 Å². The summed E-state index contributed by atoms with van der Waals surface area (Å²) in [4.78, 5) is 12.8. The van der Waals surface area contributed by atoms with E-state index in [0.717, 1.165) is 24.0 Å². The maximum absolute atomic E-state index is 12.8. The van der Waals surface area contributed by atoms with Gasteiger partial charge < -0.3 is 19.9 Å². The van der Waals surface area contributed by atoms with E-state index in [2.05, 4.69) is 5.32 Å². The molecule has 3 rings (SSSR count). The van der Waals surface area contributed by atoms with Crippen molar-refractivity contribution < 1.29 is 19.4 Å². The highest BCUT2D eigenvalue weighted by molar-refractivity contribution is 6.02. The van der Waals surface area contributed by atoms with E-state index in [-0.39, 0.29) is 11.7 Å². The van der Waals surface area contributed by atoms with Crippen LogP contribution in [-0.2, 0) is 10.2 Å². The number of anilines is 1. The quantitative estimate of drug-likeness (QED) is 0.826. The fourth-order valence-corrected chi connectivity index (χ4v) is 2.94. The van der Waals surface area contributed by atoms with E-state index in [9.17, 15) is 9.90 Å². The topological polar surface area (TPSA) is 67.8 Å². The highest BCUT2D eigenvalue weighted by Gasteiger charge is 2.51. The van der Waals surface area contributed by atoms with E-state index in [1.165, 1.54) is 0 Å². The number of rotatable bonds is 5. The Kier molecular flexibility index (Phi) is 4.09. The van der Waals surface area contributed by atoms with Gasteiger partial charge in [-0.25, -0.2) is 0 Å². The normalized spacial score (nSPS) is 14.8. The molecule has 126 valence electrons. The number of phenolic OH excluding ortho intramolecular Hbond substituents is 1. The van der Waals surface area contributed by atoms with Crippen LogP contribution in [0.2, 0.25) is 0 Å². The second-order valence-electron chi connectivity index (χ2n) is 6.11. The van der Waals surface area contributed by atoms with Gasteiger partial charge in [-0.2, -0.15) is 0 Å². The summed E-state index contributed by atoms with van der Waals surface area (Å²) in [6, 6.07) is 10.5. The van der Waals surface area contributed by atoms with Crippen molar-refractivity contribution in [2.45, 2.75) is 25.2 Å². The van der Waals surface area contributed by atoms with Gasteiger partial charge in [-0.15, -0.1) is 0 Å². The van der Waals surface area contributed by atoms with Crippen LogP contribution in [0.15, 0.2) is 36.4 Å². The maximum atomic E-state index is 12.8. The molecule has 1 saturated carbocycles. The molecule has 2 aromatic rings. The minimum absolute atomic E-state index is 0.0384. The zero-order valence-electron chi connectivity index (χ0n) is 14.1. The number of nitrogens with one attached hydrogen (secondary N) is 1. The third kappa shape index (κ3) is 2.77. The molecule has 2 aromatic carbocycles. The van der Waals surface area contributed by atoms with Gasteiger partial charge in [0.05, 0.1) is 19.6 Å². The summed E-state index contributed by atoms with van der Waals surface area (Å²) in [6.07, 6.45) is 1.59. The Labute approximate surface area is 141 Å². The lowest BCUT2D eigenvalue weighted by Gasteiger charge is -2.18. The number of benzene rings is 2. The van der Waals surface area contributed by atoms with Crippen LogP contribution in [-0.4, -0.2) is 25.2 Å². The Morgan fingerprint density at radius 1 is 1.08 bits per heavy atom. The molecule has 24 heavy (non-hydrogen) atoms. The molecule has 0 heterocycles. The van der Waals surface area contributed by atoms with Crippen LogP contribution in [0.5, 0.6) is 17.2 Å². The van der Waals surface area contributed by atoms with Gasteiger partial charge in [0.1, 0.15) is 5.75 Å². The van der Waals surface area contributed by atoms with Crippen LogP contribution in [0.25, 0.3) is 0 Å². The first kappa shape index (κ1) is 16.2. The summed E-state index contributed by atoms with van der Waals surface area (Å²) in [5.74, 6) is 1.41. The molecule has 1 aliphatic rings. The summed E-state index contributed by atoms with van der Waals surface area (Å²) in [5, 5.41) is 12.5. The smallest absolute Gasteiger partial charge is 0.235 e. The second-order valence-corrected chi connectivity index (χ2v) is 6.11. The number of aryl methyl sites for hydroxylation is 1. The van der Waals surface area contributed by atoms with E-state index in [4.69, 9.17) is 9.47 Å². The molecule has 0 atom stereocenters. The summed E-state index contributed by atoms with van der Waals surface area (Å²) in [7, 11) is 3.17. The van der Waals surface area contributed by atoms with Crippen LogP contribution in [0.4, 0.5) is 5.69 Å². The highest BCUT2D eigenvalue weighted by atomic mass is 16.5. The van der Waals surface area contributed by atoms with Gasteiger partial charge in [-0.3, -0.25) is 4.79 Å². The third-order valence-electron chi connectivity index (χ3n) is 4.58. The number of hydrogen-bond acceptors (Lipinski definition) is 4. The molecule has 5 heteroatoms. The molecule has 1 aliphatic carbocycles. The maximum Gasteiger partial charge on any atom is 0.235 e. The standard InChI is InChI=1S/C19H21NO4/c1-12-10-14(21)5-6-15(12)20-18(22)19(8-9-19)13-4-7-16(23-2)17(11-13)24-3/h4-7,10-11,21H,8-9H2,1-3H3,(H,20,22). The summed E-state index contributed by atoms with van der Waals surface area (Å²) < 4.78 is 10.6. The predicted octanol–water partition coefficient (Wildman–Crippen LogP) is 3.39. The molecule has 5 nitrogen and oxygen atoms in total. The second kappa shape index (κ2) is 6.07. The largest absolute Gasteiger partial charge is 0.508 e. The number of amides is 1. The van der Waals surface area contributed by atoms with Gasteiger partial charge >= 0.3 is 0 Å². The SMILES string of the molecule is COc1ccc(C2(C(=O)Nc3ccc(O)cc3C)CC2)cc1OC. The van der Waals surface area contributed by atoms with Crippen molar-refractivity contribution in [3.63, 3.8) is 0 Å². The average Bonchev–Trinajstić information content (AvgIpc) is 3.38. The number of carbonyl (C=O) groups excluding carboxylic acids is 1. The molecule has 1 amide bonds. The summed E-state index contributed by atoms with van der Waals surface area (Å²) >= 11 is 0. The minimum atomic E-state index is -0.524. The van der Waals surface area contributed by atoms with E-state index in [1.807, 2.05) is 25.1 Å². The molecular weight excluding hydrogens is 306 g/mol. The molecule has 0 aliphatic heterocycles. The van der Waals surface area contributed by atoms with Crippen molar-refractivity contribution in [3.8, 4) is 17.2 Å². The molecule has 2 N–H and O–H groups in total. The number of ether oxygens (including phenoxy) is 2. The Hall–Kier alpha value is -2.69. The van der Waals surface area contributed by atoms with Crippen molar-refractivity contribution in [1.82, 2.24) is 0 Å². The molecular formula is C19H21NO4. The van der Waals surface area contributed by atoms with E-state index >= 15 is 0 Å². The Morgan fingerprint density at radius 2 is 1.79 bits per heavy atom. The summed E-state index contributed by atoms with van der Waals surface area (Å²) in [6.45, 7) is 1.85. The lowest BCUT2D eigenvalue weighted by Crippen LogP contribution is -2.28. The summed E-state index contributed by atoms with van der Waals surface area (Å²) in [5.41, 5.74) is 1.94. The van der Waals surface area contributed by atoms with Crippen LogP contribution in [0.1, 0.15) is 24.0 Å². The van der Waals surface area contributed by atoms with E-state index < -0.39 is 5.41 Å². The van der Waals surface area contributed by atoms with Crippen LogP contribution in [0.3, 0.4) is 0 Å². The number of aromatic hydroxyl groups is 1. The number of hydrogen-bond donors (Lipinski definition) is 2. The van der Waals surface area contributed by atoms with Gasteiger partial charge in [0, 0.05) is 5.69 Å². The van der Waals surface area contributed by atoms with Crippen LogP contribution in [0, 0.1) is 6.92 Å². The van der Waals surface area contributed by atoms with Crippen LogP contribution < -0.4 is 14.8 Å². The monoisotopic (exact) mass is 327 g/mol. The zero-order valence-corrected chi connectivity index (χ0v) is 14.1. The first-order valence-electron chi connectivity index (χ1n) is 7.84. The lowest BCUT2D eigenvalue weighted by molar-refractivity contribution is -0.118. The third-order valence-corrected chi connectivity index (χ3v) is 4.58. The molecule has 1 fully saturated rings. The van der Waals surface area contributed by atoms with Crippen molar-refractivity contribution in [1.29, 1.82) is 0 Å². The first-order valence-corrected chi connectivity index (χ1v) is 7.84. The molecule has 0 spiro atoms. The fourth-order valence-electron chi connectivity index (χ4n) is 2.94. The van der Waals surface area contributed by atoms with Gasteiger partial charge in [0.2, 0.25) is 5.91 Å². The van der Waals surface area contributed by atoms with E-state index in [0.29, 0.717) is 17.2 Å². The molecule has 0 aromatic heterocycles. The number of phenols is 1. The molecule has 0 radical (unpaired) electrons. The lowest BCUT2D eigenvalue weighted by atomic mass is 9.94. The van der Waals surface area contributed by atoms with Gasteiger partial charge in [0.15, 0.2) is 11.5 Å². The number of carbonyl (C=O) groups is 1. The Balaban J connectivity index is 1.86. The van der Waals surface area contributed by atoms with Gasteiger partial charge in [0.25, 0.3) is 0 Å². The predicted molar refractivity (Wildman–Crippen MR) is 91.9 cm³/mol. The van der Waals surface area contributed by atoms with Crippen molar-refractivity contribution in [3.05, 3.63) is 47.5 Å². The van der Waals surface area contributed by atoms with Crippen molar-refractivity contribution >= 4 is 11.6 Å².